The topological polar surface area (TPSA) is 55.8 Å². The largest absolute Gasteiger partial charge is 0.383 e. The molecular weight excluding hydrogens is 356 g/mol. The second-order valence-corrected chi connectivity index (χ2v) is 7.20. The number of para-hydroxylation sites is 1. The number of piperazine rings is 1. The van der Waals surface area contributed by atoms with Gasteiger partial charge in [-0.1, -0.05) is 18.2 Å². The van der Waals surface area contributed by atoms with Crippen molar-refractivity contribution in [1.82, 2.24) is 15.3 Å². The summed E-state index contributed by atoms with van der Waals surface area (Å²) in [5.74, 6) is 0. The van der Waals surface area contributed by atoms with Crippen LogP contribution in [0.25, 0.3) is 0 Å². The minimum atomic E-state index is 0.683. The summed E-state index contributed by atoms with van der Waals surface area (Å²) in [7, 11) is 0. The second kappa shape index (κ2) is 7.92. The highest BCUT2D eigenvalue weighted by Crippen LogP contribution is 2.23. The molecule has 0 bridgehead atoms. The zero-order chi connectivity index (χ0) is 18.6. The molecule has 0 atom stereocenters. The Morgan fingerprint density at radius 3 is 2.70 bits per heavy atom. The third-order valence-corrected chi connectivity index (χ3v) is 5.42. The number of nitrogens with zero attached hydrogens (tertiary/aromatic N) is 4. The molecule has 27 heavy (non-hydrogen) atoms. The number of hydrogen-bond acceptors (Lipinski definition) is 5. The van der Waals surface area contributed by atoms with Crippen LogP contribution in [0, 0.1) is 6.92 Å². The minimum absolute atomic E-state index is 0.683. The summed E-state index contributed by atoms with van der Waals surface area (Å²) in [5, 5.41) is 8.68. The van der Waals surface area contributed by atoms with Crippen molar-refractivity contribution in [3.05, 3.63) is 53.9 Å². The van der Waals surface area contributed by atoms with E-state index < -0.39 is 0 Å². The summed E-state index contributed by atoms with van der Waals surface area (Å²) in [5.41, 5.74) is 8.50. The number of aromatic nitrogens is 1. The van der Waals surface area contributed by atoms with Gasteiger partial charge in [0, 0.05) is 51.0 Å². The highest BCUT2D eigenvalue weighted by molar-refractivity contribution is 7.80. The van der Waals surface area contributed by atoms with E-state index in [0.29, 0.717) is 5.11 Å². The van der Waals surface area contributed by atoms with E-state index in [0.717, 1.165) is 56.2 Å². The molecule has 3 heterocycles. The van der Waals surface area contributed by atoms with Crippen LogP contribution in [-0.2, 0) is 0 Å². The van der Waals surface area contributed by atoms with Gasteiger partial charge in [0.1, 0.15) is 5.69 Å². The Balaban J connectivity index is 1.37. The van der Waals surface area contributed by atoms with E-state index in [9.17, 15) is 0 Å². The number of aryl methyl sites for hydroxylation is 1. The van der Waals surface area contributed by atoms with Gasteiger partial charge in [0.2, 0.25) is 0 Å². The zero-order valence-electron chi connectivity index (χ0n) is 15.5. The molecule has 2 aromatic rings. The molecule has 6 nitrogen and oxygen atoms in total. The smallest absolute Gasteiger partial charge is 0.189 e. The van der Waals surface area contributed by atoms with E-state index in [1.165, 1.54) is 11.3 Å². The fourth-order valence-corrected chi connectivity index (χ4v) is 3.75. The first-order valence-corrected chi connectivity index (χ1v) is 9.74. The Kier molecular flexibility index (Phi) is 5.20. The third-order valence-electron chi connectivity index (χ3n) is 5.07. The number of rotatable bonds is 2. The average Bonchev–Trinajstić information content (AvgIpc) is 2.73. The standard InChI is InChI=1S/C20H24N6S/c1-15-7-9-22-19-17(8-10-21-18(15)19)23-24-20(27)26-13-11-25(12-14-26)16-5-3-2-4-6-16/h2-7,9,21H,8,10-14H2,1H3,(H,24,27)/b23-17-. The summed E-state index contributed by atoms with van der Waals surface area (Å²) in [6.07, 6.45) is 2.67. The molecule has 0 unspecified atom stereocenters. The number of fused-ring (bicyclic) bond motifs is 1. The molecule has 0 amide bonds. The SMILES string of the molecule is Cc1ccnc2c1NCC/C2=N/NC(=S)N1CCN(c2ccccc2)CC1. The molecule has 4 rings (SSSR count). The van der Waals surface area contributed by atoms with Crippen molar-refractivity contribution in [3.63, 3.8) is 0 Å². The van der Waals surface area contributed by atoms with Crippen LogP contribution in [0.3, 0.4) is 0 Å². The van der Waals surface area contributed by atoms with Crippen LogP contribution in [0.4, 0.5) is 11.4 Å². The highest BCUT2D eigenvalue weighted by Gasteiger charge is 2.21. The Morgan fingerprint density at radius 1 is 1.15 bits per heavy atom. The van der Waals surface area contributed by atoms with Gasteiger partial charge in [0.15, 0.2) is 5.11 Å². The lowest BCUT2D eigenvalue weighted by Gasteiger charge is -2.37. The Morgan fingerprint density at radius 2 is 1.93 bits per heavy atom. The molecule has 1 saturated heterocycles. The summed E-state index contributed by atoms with van der Waals surface area (Å²) in [6, 6.07) is 12.5. The fourth-order valence-electron chi connectivity index (χ4n) is 3.53. The number of thiocarbonyl (C=S) groups is 1. The fraction of sp³-hybridized carbons (Fsp3) is 0.350. The van der Waals surface area contributed by atoms with E-state index in [-0.39, 0.29) is 0 Å². The average molecular weight is 381 g/mol. The van der Waals surface area contributed by atoms with Crippen molar-refractivity contribution in [3.8, 4) is 0 Å². The molecule has 0 radical (unpaired) electrons. The van der Waals surface area contributed by atoms with Crippen molar-refractivity contribution < 1.29 is 0 Å². The number of hydrogen-bond donors (Lipinski definition) is 2. The molecular formula is C20H24N6S. The Hall–Kier alpha value is -2.67. The molecule has 1 aromatic carbocycles. The van der Waals surface area contributed by atoms with Crippen molar-refractivity contribution in [2.75, 3.05) is 42.9 Å². The molecule has 0 aliphatic carbocycles. The van der Waals surface area contributed by atoms with Gasteiger partial charge >= 0.3 is 0 Å². The van der Waals surface area contributed by atoms with Crippen molar-refractivity contribution >= 4 is 34.4 Å². The first kappa shape index (κ1) is 17.7. The number of benzene rings is 1. The molecule has 0 saturated carbocycles. The maximum absolute atomic E-state index is 5.58. The lowest BCUT2D eigenvalue weighted by atomic mass is 10.0. The maximum atomic E-state index is 5.58. The van der Waals surface area contributed by atoms with E-state index in [2.05, 4.69) is 61.8 Å². The van der Waals surface area contributed by atoms with Gasteiger partial charge in [-0.3, -0.25) is 10.4 Å². The van der Waals surface area contributed by atoms with Crippen LogP contribution in [0.2, 0.25) is 0 Å². The lowest BCUT2D eigenvalue weighted by Crippen LogP contribution is -2.51. The Bertz CT molecular complexity index is 843. The van der Waals surface area contributed by atoms with Gasteiger partial charge in [-0.25, -0.2) is 0 Å². The highest BCUT2D eigenvalue weighted by atomic mass is 32.1. The first-order chi connectivity index (χ1) is 13.2. The normalized spacial score (nSPS) is 18.0. The molecule has 140 valence electrons. The quantitative estimate of drug-likeness (QED) is 0.617. The van der Waals surface area contributed by atoms with Crippen molar-refractivity contribution in [2.24, 2.45) is 5.10 Å². The van der Waals surface area contributed by atoms with Crippen LogP contribution >= 0.6 is 12.2 Å². The predicted octanol–water partition coefficient (Wildman–Crippen LogP) is 2.61. The third kappa shape index (κ3) is 3.88. The van der Waals surface area contributed by atoms with Gasteiger partial charge in [-0.05, 0) is 42.9 Å². The first-order valence-electron chi connectivity index (χ1n) is 9.34. The van der Waals surface area contributed by atoms with E-state index in [1.807, 2.05) is 18.3 Å². The Labute approximate surface area is 165 Å². The van der Waals surface area contributed by atoms with E-state index in [4.69, 9.17) is 12.2 Å². The second-order valence-electron chi connectivity index (χ2n) is 6.81. The van der Waals surface area contributed by atoms with Gasteiger partial charge in [-0.15, -0.1) is 0 Å². The number of anilines is 2. The molecule has 2 aliphatic heterocycles. The summed E-state index contributed by atoms with van der Waals surface area (Å²) < 4.78 is 0. The van der Waals surface area contributed by atoms with Gasteiger partial charge in [-0.2, -0.15) is 5.10 Å². The number of hydrazone groups is 1. The monoisotopic (exact) mass is 380 g/mol. The van der Waals surface area contributed by atoms with Gasteiger partial charge < -0.3 is 15.1 Å². The van der Waals surface area contributed by atoms with Gasteiger partial charge in [0.25, 0.3) is 0 Å². The van der Waals surface area contributed by atoms with Crippen molar-refractivity contribution in [1.29, 1.82) is 0 Å². The summed E-state index contributed by atoms with van der Waals surface area (Å²) in [4.78, 5) is 9.07. The zero-order valence-corrected chi connectivity index (χ0v) is 16.3. The molecule has 1 fully saturated rings. The van der Waals surface area contributed by atoms with Crippen LogP contribution in [-0.4, -0.2) is 53.4 Å². The van der Waals surface area contributed by atoms with Crippen LogP contribution in [0.5, 0.6) is 0 Å². The van der Waals surface area contributed by atoms with Crippen molar-refractivity contribution in [2.45, 2.75) is 13.3 Å². The van der Waals surface area contributed by atoms with Crippen LogP contribution in [0.15, 0.2) is 47.7 Å². The van der Waals surface area contributed by atoms with Gasteiger partial charge in [0.05, 0.1) is 11.4 Å². The van der Waals surface area contributed by atoms with E-state index >= 15 is 0 Å². The molecule has 2 N–H and O–H groups in total. The predicted molar refractivity (Wildman–Crippen MR) is 115 cm³/mol. The minimum Gasteiger partial charge on any atom is -0.383 e. The van der Waals surface area contributed by atoms with E-state index in [1.54, 1.807) is 0 Å². The molecule has 1 aromatic heterocycles. The van der Waals surface area contributed by atoms with Crippen LogP contribution in [0.1, 0.15) is 17.7 Å². The number of nitrogens with one attached hydrogen (secondary N) is 2. The lowest BCUT2D eigenvalue weighted by molar-refractivity contribution is 0.381. The van der Waals surface area contributed by atoms with Crippen LogP contribution < -0.4 is 15.6 Å². The molecule has 7 heteroatoms. The number of pyridine rings is 1. The maximum Gasteiger partial charge on any atom is 0.189 e. The summed E-state index contributed by atoms with van der Waals surface area (Å²) in [6.45, 7) is 6.64. The molecule has 2 aliphatic rings. The summed E-state index contributed by atoms with van der Waals surface area (Å²) >= 11 is 5.58. The molecule has 0 spiro atoms.